The lowest BCUT2D eigenvalue weighted by molar-refractivity contribution is 0.262. The molecule has 0 aliphatic carbocycles. The Morgan fingerprint density at radius 3 is 2.77 bits per heavy atom. The number of aryl methyl sites for hydroxylation is 1. The minimum atomic E-state index is 0.667. The van der Waals surface area contributed by atoms with Gasteiger partial charge < -0.3 is 9.42 Å². The zero-order chi connectivity index (χ0) is 17.9. The molecule has 1 aliphatic heterocycles. The standard InChI is InChI=1S/C19H23N5OS/c1-14-3-4-17-16(11-14)19(24-7-9-26-10-8-24)22-18(21-17)13-23(2)12-15-5-6-20-25-15/h3-6,11H,7-10,12-13H2,1-2H3. The van der Waals surface area contributed by atoms with Gasteiger partial charge in [-0.25, -0.2) is 9.97 Å². The molecule has 0 atom stereocenters. The van der Waals surface area contributed by atoms with Crippen LogP contribution >= 0.6 is 11.8 Å². The molecular formula is C19H23N5OS. The number of anilines is 1. The van der Waals surface area contributed by atoms with Crippen molar-refractivity contribution in [2.45, 2.75) is 20.0 Å². The lowest BCUT2D eigenvalue weighted by atomic mass is 10.1. The Morgan fingerprint density at radius 2 is 2.00 bits per heavy atom. The van der Waals surface area contributed by atoms with Gasteiger partial charge in [0.1, 0.15) is 11.6 Å². The van der Waals surface area contributed by atoms with E-state index in [1.165, 1.54) is 5.56 Å². The van der Waals surface area contributed by atoms with Gasteiger partial charge in [-0.3, -0.25) is 4.90 Å². The predicted molar refractivity (Wildman–Crippen MR) is 105 cm³/mol. The monoisotopic (exact) mass is 369 g/mol. The third-order valence-electron chi connectivity index (χ3n) is 4.52. The van der Waals surface area contributed by atoms with E-state index in [1.54, 1.807) is 6.20 Å². The van der Waals surface area contributed by atoms with E-state index in [0.29, 0.717) is 13.1 Å². The molecule has 0 bridgehead atoms. The summed E-state index contributed by atoms with van der Waals surface area (Å²) in [5.41, 5.74) is 2.26. The minimum Gasteiger partial charge on any atom is -0.360 e. The molecule has 0 N–H and O–H groups in total. The molecule has 6 nitrogen and oxygen atoms in total. The summed E-state index contributed by atoms with van der Waals surface area (Å²) in [6.45, 7) is 5.55. The zero-order valence-electron chi connectivity index (χ0n) is 15.2. The maximum atomic E-state index is 5.20. The van der Waals surface area contributed by atoms with E-state index in [9.17, 15) is 0 Å². The fourth-order valence-corrected chi connectivity index (χ4v) is 4.15. The van der Waals surface area contributed by atoms with Crippen LogP contribution in [-0.2, 0) is 13.1 Å². The Kier molecular flexibility index (Phi) is 5.08. The summed E-state index contributed by atoms with van der Waals surface area (Å²) in [4.78, 5) is 14.3. The number of rotatable bonds is 5. The molecule has 2 aromatic heterocycles. The molecule has 3 heterocycles. The molecule has 26 heavy (non-hydrogen) atoms. The first-order valence-electron chi connectivity index (χ1n) is 8.87. The van der Waals surface area contributed by atoms with E-state index in [1.807, 2.05) is 24.9 Å². The third-order valence-corrected chi connectivity index (χ3v) is 5.46. The van der Waals surface area contributed by atoms with Crippen LogP contribution in [0.3, 0.4) is 0 Å². The lowest BCUT2D eigenvalue weighted by Gasteiger charge is -2.29. The quantitative estimate of drug-likeness (QED) is 0.685. The van der Waals surface area contributed by atoms with Gasteiger partial charge in [-0.2, -0.15) is 11.8 Å². The molecule has 4 rings (SSSR count). The molecule has 0 amide bonds. The van der Waals surface area contributed by atoms with Crippen LogP contribution in [0, 0.1) is 6.92 Å². The molecule has 0 spiro atoms. The van der Waals surface area contributed by atoms with Gasteiger partial charge in [-0.15, -0.1) is 0 Å². The third kappa shape index (κ3) is 3.83. The van der Waals surface area contributed by atoms with Crippen molar-refractivity contribution in [3.63, 3.8) is 0 Å². The molecule has 0 radical (unpaired) electrons. The number of nitrogens with zero attached hydrogens (tertiary/aromatic N) is 5. The average Bonchev–Trinajstić information content (AvgIpc) is 3.15. The number of fused-ring (bicyclic) bond motifs is 1. The van der Waals surface area contributed by atoms with Crippen molar-refractivity contribution >= 4 is 28.5 Å². The fraction of sp³-hybridized carbons (Fsp3) is 0.421. The molecule has 1 saturated heterocycles. The first-order chi connectivity index (χ1) is 12.7. The van der Waals surface area contributed by atoms with Crippen LogP contribution in [0.2, 0.25) is 0 Å². The van der Waals surface area contributed by atoms with Crippen molar-refractivity contribution in [1.29, 1.82) is 0 Å². The van der Waals surface area contributed by atoms with Gasteiger partial charge in [0.2, 0.25) is 0 Å². The number of aromatic nitrogens is 3. The summed E-state index contributed by atoms with van der Waals surface area (Å²) in [6, 6.07) is 8.31. The van der Waals surface area contributed by atoms with E-state index in [0.717, 1.165) is 52.9 Å². The van der Waals surface area contributed by atoms with Crippen molar-refractivity contribution in [3.8, 4) is 0 Å². The maximum absolute atomic E-state index is 5.20. The normalized spacial score (nSPS) is 15.1. The number of benzene rings is 1. The zero-order valence-corrected chi connectivity index (χ0v) is 16.0. The predicted octanol–water partition coefficient (Wildman–Crippen LogP) is 3.11. The Bertz CT molecular complexity index is 877. The fourth-order valence-electron chi connectivity index (χ4n) is 3.25. The van der Waals surface area contributed by atoms with Crippen LogP contribution in [0.15, 0.2) is 35.0 Å². The lowest BCUT2D eigenvalue weighted by Crippen LogP contribution is -2.33. The number of thioether (sulfide) groups is 1. The van der Waals surface area contributed by atoms with Crippen LogP contribution in [0.1, 0.15) is 17.1 Å². The van der Waals surface area contributed by atoms with Gasteiger partial charge in [0.15, 0.2) is 5.76 Å². The molecule has 1 fully saturated rings. The molecular weight excluding hydrogens is 346 g/mol. The van der Waals surface area contributed by atoms with Gasteiger partial charge in [-0.1, -0.05) is 16.8 Å². The Balaban J connectivity index is 1.65. The summed E-state index contributed by atoms with van der Waals surface area (Å²) in [5.74, 6) is 5.06. The van der Waals surface area contributed by atoms with E-state index >= 15 is 0 Å². The highest BCUT2D eigenvalue weighted by Gasteiger charge is 2.18. The Hall–Kier alpha value is -2.12. The molecule has 136 valence electrons. The van der Waals surface area contributed by atoms with Gasteiger partial charge in [-0.05, 0) is 26.1 Å². The van der Waals surface area contributed by atoms with Gasteiger partial charge >= 0.3 is 0 Å². The second kappa shape index (κ2) is 7.63. The highest BCUT2D eigenvalue weighted by molar-refractivity contribution is 7.99. The van der Waals surface area contributed by atoms with Crippen molar-refractivity contribution < 1.29 is 4.52 Å². The number of hydrogen-bond acceptors (Lipinski definition) is 7. The summed E-state index contributed by atoms with van der Waals surface area (Å²) >= 11 is 2.01. The van der Waals surface area contributed by atoms with Crippen LogP contribution in [0.5, 0.6) is 0 Å². The summed E-state index contributed by atoms with van der Waals surface area (Å²) in [6.07, 6.45) is 1.67. The smallest absolute Gasteiger partial charge is 0.150 e. The molecule has 1 aromatic carbocycles. The first kappa shape index (κ1) is 17.3. The van der Waals surface area contributed by atoms with E-state index in [4.69, 9.17) is 14.5 Å². The van der Waals surface area contributed by atoms with Crippen molar-refractivity contribution in [1.82, 2.24) is 20.0 Å². The van der Waals surface area contributed by atoms with Crippen molar-refractivity contribution in [2.24, 2.45) is 0 Å². The highest BCUT2D eigenvalue weighted by atomic mass is 32.2. The van der Waals surface area contributed by atoms with Crippen LogP contribution in [-0.4, -0.2) is 51.7 Å². The van der Waals surface area contributed by atoms with Crippen molar-refractivity contribution in [2.75, 3.05) is 36.5 Å². The summed E-state index contributed by atoms with van der Waals surface area (Å²) in [5, 5.41) is 4.92. The average molecular weight is 369 g/mol. The Morgan fingerprint density at radius 1 is 1.15 bits per heavy atom. The topological polar surface area (TPSA) is 58.3 Å². The summed E-state index contributed by atoms with van der Waals surface area (Å²) < 4.78 is 5.20. The number of hydrogen-bond donors (Lipinski definition) is 0. The van der Waals surface area contributed by atoms with Gasteiger partial charge in [0.05, 0.1) is 24.8 Å². The molecule has 0 unspecified atom stereocenters. The second-order valence-electron chi connectivity index (χ2n) is 6.73. The van der Waals surface area contributed by atoms with Crippen LogP contribution in [0.4, 0.5) is 5.82 Å². The molecule has 7 heteroatoms. The first-order valence-corrected chi connectivity index (χ1v) is 10.0. The van der Waals surface area contributed by atoms with Crippen LogP contribution < -0.4 is 4.90 Å². The Labute approximate surface area is 157 Å². The maximum Gasteiger partial charge on any atom is 0.150 e. The highest BCUT2D eigenvalue weighted by Crippen LogP contribution is 2.27. The second-order valence-corrected chi connectivity index (χ2v) is 7.96. The molecule has 0 saturated carbocycles. The van der Waals surface area contributed by atoms with E-state index in [-0.39, 0.29) is 0 Å². The largest absolute Gasteiger partial charge is 0.360 e. The van der Waals surface area contributed by atoms with Gasteiger partial charge in [0.25, 0.3) is 0 Å². The van der Waals surface area contributed by atoms with E-state index in [2.05, 4.69) is 40.1 Å². The van der Waals surface area contributed by atoms with Gasteiger partial charge in [0, 0.05) is 36.0 Å². The van der Waals surface area contributed by atoms with Crippen molar-refractivity contribution in [3.05, 3.63) is 47.6 Å². The van der Waals surface area contributed by atoms with Crippen LogP contribution in [0.25, 0.3) is 10.9 Å². The SMILES string of the molecule is Cc1ccc2nc(CN(C)Cc3ccno3)nc(N3CCSCC3)c2c1. The molecule has 1 aliphatic rings. The van der Waals surface area contributed by atoms with E-state index < -0.39 is 0 Å². The summed E-state index contributed by atoms with van der Waals surface area (Å²) in [7, 11) is 2.04. The minimum absolute atomic E-state index is 0.667. The molecule has 3 aromatic rings.